The Labute approximate surface area is 126 Å². The van der Waals surface area contributed by atoms with Gasteiger partial charge in [-0.1, -0.05) is 6.07 Å². The van der Waals surface area contributed by atoms with E-state index < -0.39 is 33.7 Å². The number of rotatable bonds is 2. The molecule has 4 nitrogen and oxygen atoms in total. The number of sulfone groups is 1. The van der Waals surface area contributed by atoms with E-state index in [1.54, 1.807) is 19.9 Å². The minimum atomic E-state index is -5.09. The molecule has 1 atom stereocenters. The average molecular weight is 333 g/mol. The minimum absolute atomic E-state index is 0.0339. The number of anilines is 1. The van der Waals surface area contributed by atoms with E-state index in [0.717, 1.165) is 11.5 Å². The molecule has 0 N–H and O–H groups in total. The van der Waals surface area contributed by atoms with Crippen molar-refractivity contribution < 1.29 is 26.4 Å². The van der Waals surface area contributed by atoms with Gasteiger partial charge in [0.05, 0.1) is 11.8 Å². The second kappa shape index (κ2) is 5.42. The summed E-state index contributed by atoms with van der Waals surface area (Å²) in [4.78, 5) is 12.3. The lowest BCUT2D eigenvalue weighted by Crippen LogP contribution is -2.48. The van der Waals surface area contributed by atoms with Crippen molar-refractivity contribution in [1.29, 1.82) is 0 Å². The number of alkyl halides is 3. The quantitative estimate of drug-likeness (QED) is 0.836. The zero-order valence-corrected chi connectivity index (χ0v) is 12.7. The minimum Gasteiger partial charge on any atom is -0.297 e. The van der Waals surface area contributed by atoms with Crippen molar-refractivity contribution in [3.63, 3.8) is 0 Å². The second-order valence-corrected chi connectivity index (χ2v) is 7.18. The monoisotopic (exact) mass is 333 g/mol. The Kier molecular flexibility index (Phi) is 4.08. The largest absolute Gasteiger partial charge is 0.471 e. The van der Waals surface area contributed by atoms with Gasteiger partial charge >= 0.3 is 12.1 Å². The van der Waals surface area contributed by atoms with Crippen molar-refractivity contribution in [3.05, 3.63) is 40.8 Å². The van der Waals surface area contributed by atoms with E-state index in [2.05, 4.69) is 0 Å². The Bertz CT molecular complexity index is 718. The molecule has 0 aliphatic carbocycles. The molecule has 0 saturated carbocycles. The van der Waals surface area contributed by atoms with E-state index >= 15 is 0 Å². The summed E-state index contributed by atoms with van der Waals surface area (Å²) >= 11 is 0. The third kappa shape index (κ3) is 3.49. The van der Waals surface area contributed by atoms with Crippen LogP contribution in [0.1, 0.15) is 11.1 Å². The SMILES string of the molecule is Cc1cc(C)cc(N(C(=O)C(F)(F)F)[C@H]2C=CS(=O)(=O)C2)c1. The lowest BCUT2D eigenvalue weighted by Gasteiger charge is -2.29. The molecule has 0 radical (unpaired) electrons. The Morgan fingerprint density at radius 1 is 1.18 bits per heavy atom. The topological polar surface area (TPSA) is 54.5 Å². The summed E-state index contributed by atoms with van der Waals surface area (Å²) in [6, 6.07) is 3.44. The molecule has 0 saturated heterocycles. The van der Waals surface area contributed by atoms with Crippen molar-refractivity contribution in [2.45, 2.75) is 26.1 Å². The highest BCUT2D eigenvalue weighted by molar-refractivity contribution is 7.94. The molecule has 120 valence electrons. The van der Waals surface area contributed by atoms with Gasteiger partial charge in [-0.15, -0.1) is 0 Å². The first-order chi connectivity index (χ1) is 9.99. The van der Waals surface area contributed by atoms with Crippen LogP contribution in [0, 0.1) is 13.8 Å². The maximum atomic E-state index is 12.9. The van der Waals surface area contributed by atoms with Crippen molar-refractivity contribution in [2.75, 3.05) is 10.7 Å². The van der Waals surface area contributed by atoms with Crippen molar-refractivity contribution >= 4 is 21.4 Å². The standard InChI is InChI=1S/C14H14F3NO3S/c1-9-5-10(2)7-12(6-9)18(13(19)14(15,16)17)11-3-4-22(20,21)8-11/h3-7,11H,8H2,1-2H3/t11-/m0/s1. The van der Waals surface area contributed by atoms with Gasteiger partial charge in [-0.2, -0.15) is 13.2 Å². The van der Waals surface area contributed by atoms with Crippen molar-refractivity contribution in [3.8, 4) is 0 Å². The van der Waals surface area contributed by atoms with Crippen LogP contribution in [0.15, 0.2) is 29.7 Å². The molecule has 1 aliphatic heterocycles. The van der Waals surface area contributed by atoms with Crippen LogP contribution >= 0.6 is 0 Å². The molecule has 1 aliphatic rings. The zero-order chi connectivity index (χ0) is 16.7. The molecule has 1 amide bonds. The number of amides is 1. The van der Waals surface area contributed by atoms with Crippen LogP contribution in [0.5, 0.6) is 0 Å². The van der Waals surface area contributed by atoms with E-state index in [0.29, 0.717) is 16.0 Å². The Morgan fingerprint density at radius 3 is 2.14 bits per heavy atom. The smallest absolute Gasteiger partial charge is 0.297 e. The fourth-order valence-corrected chi connectivity index (χ4v) is 3.67. The van der Waals surface area contributed by atoms with E-state index in [1.807, 2.05) is 0 Å². The van der Waals surface area contributed by atoms with E-state index in [1.165, 1.54) is 12.1 Å². The fraction of sp³-hybridized carbons (Fsp3) is 0.357. The van der Waals surface area contributed by atoms with Gasteiger partial charge in [0.1, 0.15) is 0 Å². The average Bonchev–Trinajstić information content (AvgIpc) is 2.67. The number of carbonyl (C=O) groups excluding carboxylic acids is 1. The third-order valence-corrected chi connectivity index (χ3v) is 4.57. The van der Waals surface area contributed by atoms with Crippen LogP contribution in [0.25, 0.3) is 0 Å². The molecule has 0 spiro atoms. The van der Waals surface area contributed by atoms with Gasteiger partial charge in [0, 0.05) is 11.1 Å². The second-order valence-electron chi connectivity index (χ2n) is 5.24. The van der Waals surface area contributed by atoms with Gasteiger partial charge < -0.3 is 0 Å². The maximum Gasteiger partial charge on any atom is 0.471 e. The highest BCUT2D eigenvalue weighted by Crippen LogP contribution is 2.30. The molecule has 1 aromatic carbocycles. The summed E-state index contributed by atoms with van der Waals surface area (Å²) < 4.78 is 61.6. The summed E-state index contributed by atoms with van der Waals surface area (Å²) in [7, 11) is -3.59. The number of nitrogens with zero attached hydrogens (tertiary/aromatic N) is 1. The van der Waals surface area contributed by atoms with E-state index in [9.17, 15) is 26.4 Å². The molecule has 0 aromatic heterocycles. The number of hydrogen-bond donors (Lipinski definition) is 0. The predicted octanol–water partition coefficient (Wildman–Crippen LogP) is 2.51. The molecule has 0 bridgehead atoms. The molecule has 1 aromatic rings. The third-order valence-electron chi connectivity index (χ3n) is 3.19. The lowest BCUT2D eigenvalue weighted by atomic mass is 10.1. The number of carbonyl (C=O) groups is 1. The van der Waals surface area contributed by atoms with Crippen molar-refractivity contribution in [1.82, 2.24) is 0 Å². The normalized spacial score (nSPS) is 20.1. The summed E-state index contributed by atoms with van der Waals surface area (Å²) in [5.41, 5.74) is 1.39. The first-order valence-corrected chi connectivity index (χ1v) is 8.11. The van der Waals surface area contributed by atoms with Gasteiger partial charge in [-0.05, 0) is 43.2 Å². The van der Waals surface area contributed by atoms with Crippen LogP contribution in [0.3, 0.4) is 0 Å². The van der Waals surface area contributed by atoms with Crippen molar-refractivity contribution in [2.24, 2.45) is 0 Å². The molecule has 0 fully saturated rings. The molecule has 0 unspecified atom stereocenters. The number of aryl methyl sites for hydroxylation is 2. The van der Waals surface area contributed by atoms with Gasteiger partial charge in [-0.3, -0.25) is 9.69 Å². The van der Waals surface area contributed by atoms with Gasteiger partial charge in [0.15, 0.2) is 9.84 Å². The van der Waals surface area contributed by atoms with Crippen LogP contribution < -0.4 is 4.90 Å². The molecular formula is C14H14F3NO3S. The van der Waals surface area contributed by atoms with Crippen LogP contribution in [0.2, 0.25) is 0 Å². The summed E-state index contributed by atoms with van der Waals surface area (Å²) in [6.45, 7) is 3.38. The van der Waals surface area contributed by atoms with E-state index in [4.69, 9.17) is 0 Å². The van der Waals surface area contributed by atoms with Gasteiger partial charge in [0.25, 0.3) is 0 Å². The lowest BCUT2D eigenvalue weighted by molar-refractivity contribution is -0.170. The van der Waals surface area contributed by atoms with Gasteiger partial charge in [0.2, 0.25) is 0 Å². The maximum absolute atomic E-state index is 12.9. The van der Waals surface area contributed by atoms with E-state index in [-0.39, 0.29) is 5.69 Å². The first kappa shape index (κ1) is 16.5. The number of benzene rings is 1. The Morgan fingerprint density at radius 2 is 1.73 bits per heavy atom. The van der Waals surface area contributed by atoms with Crippen LogP contribution in [-0.4, -0.2) is 32.3 Å². The Hall–Kier alpha value is -1.83. The first-order valence-electron chi connectivity index (χ1n) is 6.39. The summed E-state index contributed by atoms with van der Waals surface area (Å²) in [5.74, 6) is -2.63. The van der Waals surface area contributed by atoms with Crippen LogP contribution in [0.4, 0.5) is 18.9 Å². The summed E-state index contributed by atoms with van der Waals surface area (Å²) in [5, 5.41) is 0.844. The molecule has 2 rings (SSSR count). The molecular weight excluding hydrogens is 319 g/mol. The van der Waals surface area contributed by atoms with Crippen LogP contribution in [-0.2, 0) is 14.6 Å². The molecule has 1 heterocycles. The van der Waals surface area contributed by atoms with Gasteiger partial charge in [-0.25, -0.2) is 8.42 Å². The molecule has 8 heteroatoms. The Balaban J connectivity index is 2.51. The fourth-order valence-electron chi connectivity index (χ4n) is 2.41. The zero-order valence-electron chi connectivity index (χ0n) is 11.9. The predicted molar refractivity (Wildman–Crippen MR) is 76.2 cm³/mol. The highest BCUT2D eigenvalue weighted by atomic mass is 32.2. The highest BCUT2D eigenvalue weighted by Gasteiger charge is 2.46. The summed E-state index contributed by atoms with van der Waals surface area (Å²) in [6.07, 6.45) is -3.98. The number of halogens is 3. The molecule has 22 heavy (non-hydrogen) atoms. The number of hydrogen-bond acceptors (Lipinski definition) is 3.